The van der Waals surface area contributed by atoms with Crippen LogP contribution in [0.15, 0.2) is 0 Å². The fourth-order valence-corrected chi connectivity index (χ4v) is 5.45. The Bertz CT molecular complexity index is 1670. The minimum atomic E-state index is -1.14. The van der Waals surface area contributed by atoms with Gasteiger partial charge in [-0.25, -0.2) is 4.98 Å². The van der Waals surface area contributed by atoms with Crippen molar-refractivity contribution >= 4 is 35.0 Å². The summed E-state index contributed by atoms with van der Waals surface area (Å²) in [7, 11) is 1.36. The van der Waals surface area contributed by atoms with Crippen LogP contribution in [-0.2, 0) is 4.74 Å². The molecular weight excluding hydrogens is 477 g/mol. The third kappa shape index (κ3) is 2.34. The van der Waals surface area contributed by atoms with Gasteiger partial charge in [-0.2, -0.15) is 0 Å². The molecule has 0 spiro atoms. The van der Waals surface area contributed by atoms with Gasteiger partial charge in [-0.05, 0) is 18.3 Å². The largest absolute Gasteiger partial charge is 0.505 e. The monoisotopic (exact) mass is 495 g/mol. The van der Waals surface area contributed by atoms with E-state index in [-0.39, 0.29) is 27.6 Å². The number of ether oxygens (including phenoxy) is 1. The van der Waals surface area contributed by atoms with Crippen LogP contribution in [-0.4, -0.2) is 63.9 Å². The molecule has 3 heterocycles. The Morgan fingerprint density at radius 2 is 1.03 bits per heavy atom. The zero-order valence-corrected chi connectivity index (χ0v) is 18.4. The topological polar surface area (TPSA) is 224 Å². The molecule has 10 N–H and O–H groups in total. The Balaban J connectivity index is 1.91. The second-order valence-electron chi connectivity index (χ2n) is 8.94. The van der Waals surface area contributed by atoms with Gasteiger partial charge in [-0.3, -0.25) is 0 Å². The van der Waals surface area contributed by atoms with Crippen molar-refractivity contribution in [3.63, 3.8) is 0 Å². The maximum atomic E-state index is 11.0. The van der Waals surface area contributed by atoms with E-state index in [0.29, 0.717) is 24.0 Å². The molecule has 36 heavy (non-hydrogen) atoms. The average Bonchev–Trinajstić information content (AvgIpc) is 3.48. The molecule has 2 atom stereocenters. The fourth-order valence-electron chi connectivity index (χ4n) is 5.45. The van der Waals surface area contributed by atoms with Crippen LogP contribution in [0.1, 0.15) is 36.2 Å². The lowest BCUT2D eigenvalue weighted by atomic mass is 9.80. The van der Waals surface area contributed by atoms with E-state index in [1.54, 1.807) is 0 Å². The van der Waals surface area contributed by atoms with Gasteiger partial charge in [0, 0.05) is 16.7 Å². The van der Waals surface area contributed by atoms with Gasteiger partial charge < -0.3 is 55.8 Å². The van der Waals surface area contributed by atoms with Crippen LogP contribution in [0, 0.1) is 0 Å². The minimum absolute atomic E-state index is 0.0388. The summed E-state index contributed by atoms with van der Waals surface area (Å²) < 4.78 is 5.99. The van der Waals surface area contributed by atoms with E-state index >= 15 is 0 Å². The summed E-state index contributed by atoms with van der Waals surface area (Å²) >= 11 is 0. The first-order chi connectivity index (χ1) is 17.0. The molecule has 2 aliphatic heterocycles. The van der Waals surface area contributed by atoms with E-state index in [1.807, 2.05) is 0 Å². The summed E-state index contributed by atoms with van der Waals surface area (Å²) in [5.41, 5.74) is 0.201. The SMILES string of the molecule is Bc1c(O)c(O)c(O)c(O)c1-c1nc2c(c(O)c(O)c3c(O)c(O)c(O)c(O)c32)c2c1C1CCC2O1. The first-order valence-electron chi connectivity index (χ1n) is 10.8. The lowest BCUT2D eigenvalue weighted by Crippen LogP contribution is -2.13. The number of benzene rings is 3. The molecule has 184 valence electrons. The van der Waals surface area contributed by atoms with Gasteiger partial charge in [0.15, 0.2) is 34.5 Å². The number of rotatable bonds is 1. The van der Waals surface area contributed by atoms with Crippen LogP contribution in [0.2, 0.25) is 0 Å². The van der Waals surface area contributed by atoms with Crippen molar-refractivity contribution in [3.8, 4) is 68.8 Å². The molecule has 6 rings (SSSR count). The number of fused-ring (bicyclic) bond motifs is 9. The summed E-state index contributed by atoms with van der Waals surface area (Å²) in [5.74, 6) is -9.34. The first-order valence-corrected chi connectivity index (χ1v) is 10.8. The average molecular weight is 495 g/mol. The molecule has 4 aromatic rings. The standard InChI is InChI=1S/C23H18BNO11/c24-11-10(18(30)22(34)23(35)19(11)31)12-6-4-2-1-3(36-4)5(6)7-13(25-12)8-9(16(28)14(7)26)17(29)21(33)20(32)15(8)27/h3-4,26-35H,1-2,24H2. The van der Waals surface area contributed by atoms with E-state index in [4.69, 9.17) is 4.74 Å². The minimum Gasteiger partial charge on any atom is -0.505 e. The molecule has 1 aromatic heterocycles. The zero-order chi connectivity index (χ0) is 26.0. The molecule has 2 bridgehead atoms. The molecular formula is C23H18BNO11. The van der Waals surface area contributed by atoms with Gasteiger partial charge in [0.2, 0.25) is 23.0 Å². The summed E-state index contributed by atoms with van der Waals surface area (Å²) in [6, 6.07) is 0. The van der Waals surface area contributed by atoms with Crippen LogP contribution in [0.4, 0.5) is 0 Å². The van der Waals surface area contributed by atoms with Crippen LogP contribution in [0.3, 0.4) is 0 Å². The molecule has 12 nitrogen and oxygen atoms in total. The van der Waals surface area contributed by atoms with Crippen LogP contribution in [0.25, 0.3) is 32.9 Å². The highest BCUT2D eigenvalue weighted by molar-refractivity contribution is 6.39. The van der Waals surface area contributed by atoms with Gasteiger partial charge in [0.25, 0.3) is 0 Å². The maximum Gasteiger partial charge on any atom is 0.205 e. The summed E-state index contributed by atoms with van der Waals surface area (Å²) in [5, 5.41) is 103. The normalized spacial score (nSPS) is 18.3. The number of aromatic nitrogens is 1. The second kappa shape index (κ2) is 6.73. The van der Waals surface area contributed by atoms with Crippen molar-refractivity contribution in [1.29, 1.82) is 0 Å². The maximum absolute atomic E-state index is 11.0. The molecule has 1 fully saturated rings. The predicted molar refractivity (Wildman–Crippen MR) is 125 cm³/mol. The van der Waals surface area contributed by atoms with Gasteiger partial charge >= 0.3 is 0 Å². The Kier molecular flexibility index (Phi) is 4.08. The van der Waals surface area contributed by atoms with Gasteiger partial charge in [-0.1, -0.05) is 0 Å². The highest BCUT2D eigenvalue weighted by Gasteiger charge is 2.44. The van der Waals surface area contributed by atoms with E-state index in [9.17, 15) is 51.1 Å². The van der Waals surface area contributed by atoms with Crippen molar-refractivity contribution < 1.29 is 55.8 Å². The van der Waals surface area contributed by atoms with E-state index < -0.39 is 80.5 Å². The molecule has 2 aliphatic rings. The Morgan fingerprint density at radius 3 is 1.67 bits per heavy atom. The number of hydrogen-bond acceptors (Lipinski definition) is 12. The van der Waals surface area contributed by atoms with Crippen molar-refractivity contribution in [2.24, 2.45) is 0 Å². The molecule has 0 saturated carbocycles. The second-order valence-corrected chi connectivity index (χ2v) is 8.94. The fraction of sp³-hybridized carbons (Fsp3) is 0.174. The van der Waals surface area contributed by atoms with Gasteiger partial charge in [-0.15, -0.1) is 0 Å². The first kappa shape index (κ1) is 21.9. The third-order valence-corrected chi connectivity index (χ3v) is 7.15. The van der Waals surface area contributed by atoms with Crippen LogP contribution < -0.4 is 5.46 Å². The quantitative estimate of drug-likeness (QED) is 0.0780. The van der Waals surface area contributed by atoms with Crippen molar-refractivity contribution in [2.45, 2.75) is 25.0 Å². The van der Waals surface area contributed by atoms with E-state index in [0.717, 1.165) is 0 Å². The Hall–Kier alpha value is -4.65. The molecule has 0 radical (unpaired) electrons. The number of nitrogens with zero attached hydrogens (tertiary/aromatic N) is 1. The summed E-state index contributed by atoms with van der Waals surface area (Å²) in [4.78, 5) is 4.49. The van der Waals surface area contributed by atoms with Crippen LogP contribution in [0.5, 0.6) is 57.5 Å². The molecule has 3 aromatic carbocycles. The third-order valence-electron chi connectivity index (χ3n) is 7.15. The molecule has 0 amide bonds. The van der Waals surface area contributed by atoms with Crippen molar-refractivity contribution in [1.82, 2.24) is 4.98 Å². The number of phenols is 10. The van der Waals surface area contributed by atoms with Crippen molar-refractivity contribution in [3.05, 3.63) is 11.1 Å². The van der Waals surface area contributed by atoms with Gasteiger partial charge in [0.1, 0.15) is 7.85 Å². The number of pyridine rings is 1. The highest BCUT2D eigenvalue weighted by Crippen LogP contribution is 2.62. The number of hydrogen-bond donors (Lipinski definition) is 10. The number of phenolic OH excluding ortho intramolecular Hbond substituents is 10. The van der Waals surface area contributed by atoms with E-state index in [1.165, 1.54) is 7.85 Å². The molecule has 13 heteroatoms. The smallest absolute Gasteiger partial charge is 0.205 e. The number of aromatic hydroxyl groups is 10. The van der Waals surface area contributed by atoms with Gasteiger partial charge in [0.05, 0.1) is 39.6 Å². The van der Waals surface area contributed by atoms with E-state index in [2.05, 4.69) is 4.98 Å². The Morgan fingerprint density at radius 1 is 0.556 bits per heavy atom. The lowest BCUT2D eigenvalue weighted by Gasteiger charge is -2.23. The molecule has 1 saturated heterocycles. The zero-order valence-electron chi connectivity index (χ0n) is 18.4. The van der Waals surface area contributed by atoms with Crippen molar-refractivity contribution in [2.75, 3.05) is 0 Å². The summed E-state index contributed by atoms with van der Waals surface area (Å²) in [6.45, 7) is 0. The Labute approximate surface area is 201 Å². The molecule has 0 aliphatic carbocycles. The lowest BCUT2D eigenvalue weighted by molar-refractivity contribution is 0.0721. The molecule has 2 unspecified atom stereocenters. The van der Waals surface area contributed by atoms with Crippen LogP contribution >= 0.6 is 0 Å². The highest BCUT2D eigenvalue weighted by atomic mass is 16.5. The summed E-state index contributed by atoms with van der Waals surface area (Å²) in [6.07, 6.45) is -0.111. The predicted octanol–water partition coefficient (Wildman–Crippen LogP) is 1.28.